The molecule has 1 amide bonds. The SMILES string of the molecule is O=C([O-])[C@@H]1[C@H](C(=O)NCCC(c2ccccc2)c2ccccc2)[C@@H]2C=C[C@H]1O2. The Morgan fingerprint density at radius 3 is 1.96 bits per heavy atom. The molecule has 2 aromatic carbocycles. The number of carbonyl (C=O) groups is 2. The van der Waals surface area contributed by atoms with Crippen molar-refractivity contribution in [2.24, 2.45) is 11.8 Å². The summed E-state index contributed by atoms with van der Waals surface area (Å²) in [7, 11) is 0. The molecule has 2 aromatic rings. The quantitative estimate of drug-likeness (QED) is 0.746. The summed E-state index contributed by atoms with van der Waals surface area (Å²) < 4.78 is 5.55. The largest absolute Gasteiger partial charge is 0.550 e. The minimum atomic E-state index is -1.23. The first-order valence-electron chi connectivity index (χ1n) is 9.57. The zero-order valence-electron chi connectivity index (χ0n) is 15.4. The summed E-state index contributed by atoms with van der Waals surface area (Å²) in [5.41, 5.74) is 2.36. The van der Waals surface area contributed by atoms with Crippen molar-refractivity contribution < 1.29 is 19.4 Å². The molecule has 1 saturated heterocycles. The van der Waals surface area contributed by atoms with Gasteiger partial charge in [0.05, 0.1) is 18.1 Å². The lowest BCUT2D eigenvalue weighted by Gasteiger charge is -2.25. The van der Waals surface area contributed by atoms with Crippen molar-refractivity contribution in [1.82, 2.24) is 5.32 Å². The summed E-state index contributed by atoms with van der Waals surface area (Å²) in [6, 6.07) is 20.3. The smallest absolute Gasteiger partial charge is 0.226 e. The number of carboxylic acids is 1. The standard InChI is InChI=1S/C23H23NO4/c25-22(20-18-11-12-19(28-18)21(20)23(26)27)24-14-13-17(15-7-3-1-4-8-15)16-9-5-2-6-10-16/h1-12,17-21H,13-14H2,(H,24,25)(H,26,27)/p-1/t18-,19+,20+,21-/m0/s1. The van der Waals surface area contributed by atoms with Crippen LogP contribution in [0.4, 0.5) is 0 Å². The number of amides is 1. The van der Waals surface area contributed by atoms with Gasteiger partial charge in [0.2, 0.25) is 5.91 Å². The van der Waals surface area contributed by atoms with Crippen LogP contribution in [0.1, 0.15) is 23.5 Å². The van der Waals surface area contributed by atoms with Crippen LogP contribution in [0.2, 0.25) is 0 Å². The van der Waals surface area contributed by atoms with Crippen molar-refractivity contribution in [1.29, 1.82) is 0 Å². The van der Waals surface area contributed by atoms with E-state index in [0.29, 0.717) is 13.0 Å². The van der Waals surface area contributed by atoms with Crippen LogP contribution in [0.25, 0.3) is 0 Å². The fourth-order valence-corrected chi connectivity index (χ4v) is 4.26. The number of hydrogen-bond acceptors (Lipinski definition) is 4. The zero-order chi connectivity index (χ0) is 19.5. The van der Waals surface area contributed by atoms with Crippen LogP contribution in [0.15, 0.2) is 72.8 Å². The van der Waals surface area contributed by atoms with Gasteiger partial charge < -0.3 is 20.0 Å². The van der Waals surface area contributed by atoms with E-state index in [1.807, 2.05) is 36.4 Å². The maximum Gasteiger partial charge on any atom is 0.226 e. The second-order valence-corrected chi connectivity index (χ2v) is 7.27. The van der Waals surface area contributed by atoms with Gasteiger partial charge in [0.25, 0.3) is 0 Å². The third-order valence-electron chi connectivity index (χ3n) is 5.61. The second-order valence-electron chi connectivity index (χ2n) is 7.27. The van der Waals surface area contributed by atoms with E-state index in [9.17, 15) is 14.7 Å². The topological polar surface area (TPSA) is 78.5 Å². The van der Waals surface area contributed by atoms with Gasteiger partial charge in [-0.1, -0.05) is 72.8 Å². The number of ether oxygens (including phenoxy) is 1. The number of carboxylic acid groups (broad SMARTS) is 1. The van der Waals surface area contributed by atoms with Crippen molar-refractivity contribution in [3.63, 3.8) is 0 Å². The van der Waals surface area contributed by atoms with Gasteiger partial charge >= 0.3 is 0 Å². The van der Waals surface area contributed by atoms with Gasteiger partial charge in [0, 0.05) is 24.3 Å². The highest BCUT2D eigenvalue weighted by Gasteiger charge is 2.50. The lowest BCUT2D eigenvalue weighted by Crippen LogP contribution is -2.47. The number of aliphatic carboxylic acids is 1. The monoisotopic (exact) mass is 376 g/mol. The molecule has 0 radical (unpaired) electrons. The van der Waals surface area contributed by atoms with Crippen LogP contribution in [-0.4, -0.2) is 30.6 Å². The fraction of sp³-hybridized carbons (Fsp3) is 0.304. The minimum Gasteiger partial charge on any atom is -0.550 e. The van der Waals surface area contributed by atoms with E-state index >= 15 is 0 Å². The Balaban J connectivity index is 1.43. The second kappa shape index (κ2) is 7.98. The van der Waals surface area contributed by atoms with Crippen LogP contribution in [0.5, 0.6) is 0 Å². The molecule has 144 valence electrons. The molecular weight excluding hydrogens is 354 g/mol. The highest BCUT2D eigenvalue weighted by Crippen LogP contribution is 2.39. The first-order chi connectivity index (χ1) is 13.6. The summed E-state index contributed by atoms with van der Waals surface area (Å²) in [6.07, 6.45) is 3.15. The Kier molecular flexibility index (Phi) is 5.26. The molecule has 0 unspecified atom stereocenters. The van der Waals surface area contributed by atoms with Crippen molar-refractivity contribution in [2.75, 3.05) is 6.54 Å². The third kappa shape index (κ3) is 3.58. The fourth-order valence-electron chi connectivity index (χ4n) is 4.26. The molecule has 0 aromatic heterocycles. The van der Waals surface area contributed by atoms with Gasteiger partial charge in [0.1, 0.15) is 0 Å². The van der Waals surface area contributed by atoms with Crippen LogP contribution in [0.3, 0.4) is 0 Å². The molecule has 0 aliphatic carbocycles. The van der Waals surface area contributed by atoms with Crippen LogP contribution in [0, 0.1) is 11.8 Å². The molecule has 0 saturated carbocycles. The van der Waals surface area contributed by atoms with Gasteiger partial charge in [-0.05, 0) is 17.5 Å². The van der Waals surface area contributed by atoms with E-state index in [0.717, 1.165) is 0 Å². The summed E-state index contributed by atoms with van der Waals surface area (Å²) in [5, 5.41) is 14.4. The van der Waals surface area contributed by atoms with Gasteiger partial charge in [-0.25, -0.2) is 0 Å². The maximum atomic E-state index is 12.7. The number of rotatable bonds is 7. The van der Waals surface area contributed by atoms with E-state index in [1.165, 1.54) is 11.1 Å². The number of benzene rings is 2. The van der Waals surface area contributed by atoms with Crippen LogP contribution >= 0.6 is 0 Å². The summed E-state index contributed by atoms with van der Waals surface area (Å²) >= 11 is 0. The third-order valence-corrected chi connectivity index (χ3v) is 5.61. The average molecular weight is 376 g/mol. The zero-order valence-corrected chi connectivity index (χ0v) is 15.4. The molecule has 5 heteroatoms. The van der Waals surface area contributed by atoms with Gasteiger partial charge in [-0.15, -0.1) is 0 Å². The summed E-state index contributed by atoms with van der Waals surface area (Å²) in [4.78, 5) is 24.1. The molecule has 2 bridgehead atoms. The maximum absolute atomic E-state index is 12.7. The first kappa shape index (κ1) is 18.4. The highest BCUT2D eigenvalue weighted by molar-refractivity contribution is 5.86. The molecule has 2 heterocycles. The Morgan fingerprint density at radius 1 is 0.893 bits per heavy atom. The van der Waals surface area contributed by atoms with Crippen molar-refractivity contribution in [3.8, 4) is 0 Å². The van der Waals surface area contributed by atoms with Crippen LogP contribution in [-0.2, 0) is 14.3 Å². The van der Waals surface area contributed by atoms with Crippen molar-refractivity contribution in [2.45, 2.75) is 24.5 Å². The molecule has 0 spiro atoms. The molecule has 28 heavy (non-hydrogen) atoms. The van der Waals surface area contributed by atoms with E-state index in [4.69, 9.17) is 4.74 Å². The van der Waals surface area contributed by atoms with E-state index in [1.54, 1.807) is 12.2 Å². The number of hydrogen-bond donors (Lipinski definition) is 1. The summed E-state index contributed by atoms with van der Waals surface area (Å²) in [5.74, 6) is -3.02. The van der Waals surface area contributed by atoms with Gasteiger partial charge in [0.15, 0.2) is 0 Å². The van der Waals surface area contributed by atoms with Gasteiger partial charge in [-0.3, -0.25) is 4.79 Å². The molecule has 4 atom stereocenters. The average Bonchev–Trinajstić information content (AvgIpc) is 3.34. The first-order valence-corrected chi connectivity index (χ1v) is 9.57. The Hall–Kier alpha value is -2.92. The van der Waals surface area contributed by atoms with Crippen molar-refractivity contribution in [3.05, 3.63) is 83.9 Å². The predicted molar refractivity (Wildman–Crippen MR) is 102 cm³/mol. The van der Waals surface area contributed by atoms with Crippen molar-refractivity contribution >= 4 is 11.9 Å². The highest BCUT2D eigenvalue weighted by atomic mass is 16.5. The van der Waals surface area contributed by atoms with E-state index in [-0.39, 0.29) is 11.8 Å². The molecule has 2 aliphatic rings. The van der Waals surface area contributed by atoms with E-state index in [2.05, 4.69) is 29.6 Å². The molecule has 1 N–H and O–H groups in total. The number of nitrogens with one attached hydrogen (secondary N) is 1. The normalized spacial score (nSPS) is 25.2. The van der Waals surface area contributed by atoms with E-state index < -0.39 is 30.0 Å². The molecule has 2 aliphatic heterocycles. The molecule has 4 rings (SSSR count). The summed E-state index contributed by atoms with van der Waals surface area (Å²) in [6.45, 7) is 0.449. The minimum absolute atomic E-state index is 0.149. The Bertz CT molecular complexity index is 825. The molecular formula is C23H22NO4-. The predicted octanol–water partition coefficient (Wildman–Crippen LogP) is 1.64. The Morgan fingerprint density at radius 2 is 1.43 bits per heavy atom. The lowest BCUT2D eigenvalue weighted by molar-refractivity contribution is -0.313. The van der Waals surface area contributed by atoms with Gasteiger partial charge in [-0.2, -0.15) is 0 Å². The lowest BCUT2D eigenvalue weighted by atomic mass is 9.82. The van der Waals surface area contributed by atoms with Crippen LogP contribution < -0.4 is 10.4 Å². The number of fused-ring (bicyclic) bond motifs is 2. The Labute approximate surface area is 164 Å². The number of carbonyl (C=O) groups excluding carboxylic acids is 2. The molecule has 5 nitrogen and oxygen atoms in total. The molecule has 1 fully saturated rings.